The van der Waals surface area contributed by atoms with Crippen LogP contribution in [0.4, 0.5) is 4.39 Å². The Hall–Kier alpha value is -0.970. The van der Waals surface area contributed by atoms with Gasteiger partial charge >= 0.3 is 0 Å². The Morgan fingerprint density at radius 1 is 1.37 bits per heavy atom. The van der Waals surface area contributed by atoms with Crippen LogP contribution in [-0.2, 0) is 5.60 Å². The molecule has 2 unspecified atom stereocenters. The summed E-state index contributed by atoms with van der Waals surface area (Å²) in [6.07, 6.45) is -0.404. The third-order valence-corrected chi connectivity index (χ3v) is 3.68. The summed E-state index contributed by atoms with van der Waals surface area (Å²) in [6.45, 7) is 6.08. The first-order valence-electron chi connectivity index (χ1n) is 6.59. The molecule has 0 aliphatic carbocycles. The van der Waals surface area contributed by atoms with Gasteiger partial charge in [-0.1, -0.05) is 26.0 Å². The lowest BCUT2D eigenvalue weighted by Crippen LogP contribution is -2.54. The fourth-order valence-electron chi connectivity index (χ4n) is 2.65. The molecule has 1 aromatic carbocycles. The van der Waals surface area contributed by atoms with Crippen LogP contribution in [0, 0.1) is 11.7 Å². The van der Waals surface area contributed by atoms with Gasteiger partial charge in [0.1, 0.15) is 11.4 Å². The van der Waals surface area contributed by atoms with Crippen molar-refractivity contribution in [1.29, 1.82) is 0 Å². The molecular formula is C15H21FNO2. The summed E-state index contributed by atoms with van der Waals surface area (Å²) < 4.78 is 12.9. The lowest BCUT2D eigenvalue weighted by atomic mass is 9.82. The maximum Gasteiger partial charge on any atom is 0.123 e. The van der Waals surface area contributed by atoms with Gasteiger partial charge in [-0.2, -0.15) is 0 Å². The molecule has 1 aliphatic heterocycles. The molecule has 0 saturated carbocycles. The second-order valence-corrected chi connectivity index (χ2v) is 5.64. The van der Waals surface area contributed by atoms with Gasteiger partial charge in [0.2, 0.25) is 0 Å². The fraction of sp³-hybridized carbons (Fsp3) is 0.533. The molecule has 0 amide bonds. The molecule has 2 N–H and O–H groups in total. The van der Waals surface area contributed by atoms with E-state index in [2.05, 4.69) is 4.90 Å². The molecule has 1 fully saturated rings. The molecule has 0 bridgehead atoms. The zero-order valence-corrected chi connectivity index (χ0v) is 11.4. The number of aliphatic hydroxyl groups excluding tert-OH is 1. The summed E-state index contributed by atoms with van der Waals surface area (Å²) in [5.41, 5.74) is -0.690. The lowest BCUT2D eigenvalue weighted by molar-refractivity contribution is -0.124. The molecule has 1 heterocycles. The Morgan fingerprint density at radius 2 is 2.00 bits per heavy atom. The van der Waals surface area contributed by atoms with E-state index in [0.29, 0.717) is 18.5 Å². The van der Waals surface area contributed by atoms with Crippen molar-refractivity contribution >= 4 is 0 Å². The van der Waals surface area contributed by atoms with Gasteiger partial charge in [0, 0.05) is 19.6 Å². The van der Waals surface area contributed by atoms with Crippen LogP contribution in [0.5, 0.6) is 0 Å². The summed E-state index contributed by atoms with van der Waals surface area (Å²) in [4.78, 5) is 2.12. The van der Waals surface area contributed by atoms with Crippen LogP contribution in [0.15, 0.2) is 24.3 Å². The van der Waals surface area contributed by atoms with Gasteiger partial charge in [-0.15, -0.1) is 0 Å². The molecule has 1 saturated heterocycles. The molecule has 2 rings (SSSR count). The largest absolute Gasteiger partial charge is 0.388 e. The van der Waals surface area contributed by atoms with Gasteiger partial charge in [0.25, 0.3) is 0 Å². The average molecular weight is 266 g/mol. The topological polar surface area (TPSA) is 43.7 Å². The molecule has 0 spiro atoms. The van der Waals surface area contributed by atoms with E-state index in [-0.39, 0.29) is 5.82 Å². The van der Waals surface area contributed by atoms with Crippen LogP contribution in [0.1, 0.15) is 25.8 Å². The quantitative estimate of drug-likeness (QED) is 0.875. The van der Waals surface area contributed by atoms with Gasteiger partial charge in [-0.25, -0.2) is 4.39 Å². The minimum absolute atomic E-state index is 0.338. The summed E-state index contributed by atoms with van der Waals surface area (Å²) >= 11 is 0. The minimum atomic E-state index is -1.27. The van der Waals surface area contributed by atoms with Crippen LogP contribution >= 0.6 is 0 Å². The van der Waals surface area contributed by atoms with Crippen molar-refractivity contribution in [2.24, 2.45) is 0 Å². The number of rotatable bonds is 3. The second kappa shape index (κ2) is 5.57. The van der Waals surface area contributed by atoms with Crippen molar-refractivity contribution in [3.63, 3.8) is 0 Å². The van der Waals surface area contributed by atoms with E-state index in [1.54, 1.807) is 12.1 Å². The number of β-amino-alcohol motifs (C(OH)–C–C–N with tert-alkyl or cyclic N) is 1. The van der Waals surface area contributed by atoms with E-state index in [0.717, 1.165) is 13.1 Å². The van der Waals surface area contributed by atoms with E-state index in [4.69, 9.17) is 0 Å². The summed E-state index contributed by atoms with van der Waals surface area (Å²) in [5.74, 6) is 0.940. The Morgan fingerprint density at radius 3 is 2.53 bits per heavy atom. The van der Waals surface area contributed by atoms with Crippen LogP contribution in [0.3, 0.4) is 0 Å². The van der Waals surface area contributed by atoms with Crippen molar-refractivity contribution in [2.45, 2.75) is 32.0 Å². The normalized spacial score (nSPS) is 28.8. The van der Waals surface area contributed by atoms with Crippen LogP contribution < -0.4 is 0 Å². The molecule has 19 heavy (non-hydrogen) atoms. The Kier molecular flexibility index (Phi) is 4.23. The minimum Gasteiger partial charge on any atom is -0.388 e. The molecule has 3 nitrogen and oxygen atoms in total. The Bertz CT molecular complexity index is 421. The molecule has 4 heteroatoms. The Balaban J connectivity index is 2.11. The van der Waals surface area contributed by atoms with Gasteiger partial charge in [-0.05, 0) is 30.0 Å². The monoisotopic (exact) mass is 266 g/mol. The highest BCUT2D eigenvalue weighted by molar-refractivity contribution is 5.25. The highest BCUT2D eigenvalue weighted by Crippen LogP contribution is 2.33. The fourth-order valence-corrected chi connectivity index (χ4v) is 2.65. The molecule has 0 aromatic heterocycles. The number of nitrogens with zero attached hydrogens (tertiary/aromatic N) is 1. The molecule has 2 atom stereocenters. The first kappa shape index (κ1) is 14.4. The number of hydrogen-bond donors (Lipinski definition) is 2. The van der Waals surface area contributed by atoms with Crippen LogP contribution in [0.2, 0.25) is 0 Å². The number of piperidine rings is 1. The van der Waals surface area contributed by atoms with Crippen LogP contribution in [0.25, 0.3) is 0 Å². The van der Waals surface area contributed by atoms with Crippen molar-refractivity contribution in [3.05, 3.63) is 41.6 Å². The summed E-state index contributed by atoms with van der Waals surface area (Å²) in [6, 6.07) is 5.73. The van der Waals surface area contributed by atoms with Gasteiger partial charge in [-0.3, -0.25) is 4.90 Å². The Labute approximate surface area is 113 Å². The molecular weight excluding hydrogens is 245 g/mol. The number of aliphatic hydroxyl groups is 2. The van der Waals surface area contributed by atoms with Crippen molar-refractivity contribution in [1.82, 2.24) is 4.90 Å². The van der Waals surface area contributed by atoms with Crippen molar-refractivity contribution < 1.29 is 14.6 Å². The number of hydrogen-bond acceptors (Lipinski definition) is 3. The molecule has 105 valence electrons. The standard InChI is InChI=1S/C15H21FNO2/c1-11(2)9-17-8-7-15(19,14(18)10-17)12-3-5-13(16)6-4-12/h3-6,14,18-19H,7-10H2,1-2H3. The SMILES string of the molecule is C[C](C)CN1CCC(O)(c2ccc(F)cc2)C(O)C1. The van der Waals surface area contributed by atoms with E-state index in [1.165, 1.54) is 18.1 Å². The van der Waals surface area contributed by atoms with Crippen molar-refractivity contribution in [3.8, 4) is 0 Å². The highest BCUT2D eigenvalue weighted by atomic mass is 19.1. The smallest absolute Gasteiger partial charge is 0.123 e. The first-order valence-corrected chi connectivity index (χ1v) is 6.59. The van der Waals surface area contributed by atoms with Gasteiger partial charge in [0.15, 0.2) is 0 Å². The van der Waals surface area contributed by atoms with Gasteiger partial charge < -0.3 is 10.2 Å². The zero-order chi connectivity index (χ0) is 14.0. The van der Waals surface area contributed by atoms with E-state index >= 15 is 0 Å². The predicted molar refractivity (Wildman–Crippen MR) is 72.0 cm³/mol. The van der Waals surface area contributed by atoms with Crippen LogP contribution in [-0.4, -0.2) is 40.9 Å². The zero-order valence-electron chi connectivity index (χ0n) is 11.4. The third kappa shape index (κ3) is 3.14. The summed E-state index contributed by atoms with van der Waals surface area (Å²) in [7, 11) is 0. The number of benzene rings is 1. The highest BCUT2D eigenvalue weighted by Gasteiger charge is 2.41. The summed E-state index contributed by atoms with van der Waals surface area (Å²) in [5, 5.41) is 20.9. The lowest BCUT2D eigenvalue weighted by Gasteiger charge is -2.42. The maximum atomic E-state index is 12.9. The molecule has 1 aromatic rings. The number of likely N-dealkylation sites (tertiary alicyclic amines) is 1. The van der Waals surface area contributed by atoms with Gasteiger partial charge in [0.05, 0.1) is 6.10 Å². The average Bonchev–Trinajstić information content (AvgIpc) is 2.34. The number of halogens is 1. The third-order valence-electron chi connectivity index (χ3n) is 3.68. The van der Waals surface area contributed by atoms with Crippen molar-refractivity contribution in [2.75, 3.05) is 19.6 Å². The van der Waals surface area contributed by atoms with E-state index in [9.17, 15) is 14.6 Å². The first-order chi connectivity index (χ1) is 8.91. The second-order valence-electron chi connectivity index (χ2n) is 5.64. The molecule has 1 radical (unpaired) electrons. The van der Waals surface area contributed by atoms with E-state index in [1.807, 2.05) is 13.8 Å². The predicted octanol–water partition coefficient (Wildman–Crippen LogP) is 1.69. The van der Waals surface area contributed by atoms with E-state index < -0.39 is 11.7 Å². The molecule has 1 aliphatic rings. The maximum absolute atomic E-state index is 12.9.